The first-order valence-electron chi connectivity index (χ1n) is 11.4. The number of carbonyl (C=O) groups is 2. The lowest BCUT2D eigenvalue weighted by molar-refractivity contribution is -0.140. The maximum atomic E-state index is 14.0. The number of benzene rings is 2. The number of rotatable bonds is 7. The van der Waals surface area contributed by atoms with E-state index in [2.05, 4.69) is 0 Å². The van der Waals surface area contributed by atoms with Crippen molar-refractivity contribution in [2.45, 2.75) is 50.4 Å². The van der Waals surface area contributed by atoms with Crippen LogP contribution in [0.25, 0.3) is 0 Å². The Morgan fingerprint density at radius 1 is 0.969 bits per heavy atom. The Hall–Kier alpha value is -2.89. The second-order valence-electron chi connectivity index (χ2n) is 9.34. The zero-order chi connectivity index (χ0) is 22.6. The van der Waals surface area contributed by atoms with E-state index in [4.69, 9.17) is 10.5 Å². The van der Waals surface area contributed by atoms with Gasteiger partial charge in [-0.2, -0.15) is 0 Å². The number of piperidine rings is 1. The first-order chi connectivity index (χ1) is 15.4. The third-order valence-corrected chi connectivity index (χ3v) is 7.19. The largest absolute Gasteiger partial charge is 0.493 e. The van der Waals surface area contributed by atoms with Crippen molar-refractivity contribution < 1.29 is 18.7 Å². The molecular weight excluding hydrogens is 407 g/mol. The van der Waals surface area contributed by atoms with E-state index in [-0.39, 0.29) is 29.5 Å². The SMILES string of the molecule is NC(=O)CC1(COc2ccccc2)CCN(C(=O)C2(c3cccc(F)c3)CCCC2)CC1. The molecule has 0 aromatic heterocycles. The zero-order valence-corrected chi connectivity index (χ0v) is 18.4. The van der Waals surface area contributed by atoms with Crippen LogP contribution < -0.4 is 10.5 Å². The predicted molar refractivity (Wildman–Crippen MR) is 121 cm³/mol. The smallest absolute Gasteiger partial charge is 0.233 e. The molecule has 6 heteroatoms. The Balaban J connectivity index is 1.48. The van der Waals surface area contributed by atoms with E-state index in [1.807, 2.05) is 41.3 Å². The number of carbonyl (C=O) groups excluding carboxylic acids is 2. The number of halogens is 1. The Kier molecular flexibility index (Phi) is 6.49. The molecule has 0 radical (unpaired) electrons. The highest BCUT2D eigenvalue weighted by Gasteiger charge is 2.47. The van der Waals surface area contributed by atoms with Crippen molar-refractivity contribution in [3.63, 3.8) is 0 Å². The molecule has 170 valence electrons. The maximum Gasteiger partial charge on any atom is 0.233 e. The van der Waals surface area contributed by atoms with Crippen molar-refractivity contribution in [1.82, 2.24) is 4.90 Å². The summed E-state index contributed by atoms with van der Waals surface area (Å²) in [6.45, 7) is 1.47. The summed E-state index contributed by atoms with van der Waals surface area (Å²) >= 11 is 0. The van der Waals surface area contributed by atoms with Crippen molar-refractivity contribution in [2.24, 2.45) is 11.1 Å². The van der Waals surface area contributed by atoms with Crippen LogP contribution in [-0.2, 0) is 15.0 Å². The van der Waals surface area contributed by atoms with E-state index < -0.39 is 5.41 Å². The normalized spacial score (nSPS) is 19.5. The minimum absolute atomic E-state index is 0.0808. The van der Waals surface area contributed by atoms with Crippen molar-refractivity contribution in [1.29, 1.82) is 0 Å². The summed E-state index contributed by atoms with van der Waals surface area (Å²) in [7, 11) is 0. The summed E-state index contributed by atoms with van der Waals surface area (Å²) in [6, 6.07) is 16.0. The Bertz CT molecular complexity index is 949. The average molecular weight is 439 g/mol. The Morgan fingerprint density at radius 2 is 1.66 bits per heavy atom. The highest BCUT2D eigenvalue weighted by Crippen LogP contribution is 2.44. The molecule has 2 aliphatic rings. The van der Waals surface area contributed by atoms with Gasteiger partial charge in [-0.3, -0.25) is 9.59 Å². The molecule has 1 aliphatic heterocycles. The van der Waals surface area contributed by atoms with Gasteiger partial charge in [0.05, 0.1) is 12.0 Å². The fourth-order valence-corrected chi connectivity index (χ4v) is 5.37. The lowest BCUT2D eigenvalue weighted by atomic mass is 9.73. The van der Waals surface area contributed by atoms with Crippen LogP contribution in [0.1, 0.15) is 50.5 Å². The second-order valence-corrected chi connectivity index (χ2v) is 9.34. The van der Waals surface area contributed by atoms with Gasteiger partial charge in [0.1, 0.15) is 11.6 Å². The Labute approximate surface area is 188 Å². The molecule has 5 nitrogen and oxygen atoms in total. The molecule has 1 saturated carbocycles. The molecule has 2 aromatic rings. The van der Waals surface area contributed by atoms with Crippen LogP contribution in [0.3, 0.4) is 0 Å². The van der Waals surface area contributed by atoms with Gasteiger partial charge in [0, 0.05) is 24.9 Å². The molecule has 0 atom stereocenters. The van der Waals surface area contributed by atoms with Crippen LogP contribution >= 0.6 is 0 Å². The first-order valence-corrected chi connectivity index (χ1v) is 11.4. The summed E-state index contributed by atoms with van der Waals surface area (Å²) in [4.78, 5) is 27.5. The number of para-hydroxylation sites is 1. The average Bonchev–Trinajstić information content (AvgIpc) is 3.29. The van der Waals surface area contributed by atoms with Crippen molar-refractivity contribution in [3.8, 4) is 5.75 Å². The number of nitrogens with two attached hydrogens (primary N) is 1. The first kappa shape index (κ1) is 22.3. The lowest BCUT2D eigenvalue weighted by Gasteiger charge is -2.44. The van der Waals surface area contributed by atoms with E-state index >= 15 is 0 Å². The van der Waals surface area contributed by atoms with Crippen molar-refractivity contribution in [2.75, 3.05) is 19.7 Å². The zero-order valence-electron chi connectivity index (χ0n) is 18.4. The highest BCUT2D eigenvalue weighted by atomic mass is 19.1. The van der Waals surface area contributed by atoms with Gasteiger partial charge in [0.25, 0.3) is 0 Å². The maximum absolute atomic E-state index is 14.0. The quantitative estimate of drug-likeness (QED) is 0.704. The molecule has 1 saturated heterocycles. The topological polar surface area (TPSA) is 72.6 Å². The van der Waals surface area contributed by atoms with E-state index in [1.54, 1.807) is 6.07 Å². The number of likely N-dealkylation sites (tertiary alicyclic amines) is 1. The van der Waals surface area contributed by atoms with Crippen molar-refractivity contribution >= 4 is 11.8 Å². The minimum Gasteiger partial charge on any atom is -0.493 e. The van der Waals surface area contributed by atoms with Gasteiger partial charge in [0.2, 0.25) is 11.8 Å². The van der Waals surface area contributed by atoms with Gasteiger partial charge in [-0.25, -0.2) is 4.39 Å². The van der Waals surface area contributed by atoms with Crippen LogP contribution in [0.2, 0.25) is 0 Å². The van der Waals surface area contributed by atoms with Gasteiger partial charge in [-0.05, 0) is 55.5 Å². The number of hydrogen-bond donors (Lipinski definition) is 1. The molecule has 4 rings (SSSR count). The fraction of sp³-hybridized carbons (Fsp3) is 0.462. The molecule has 0 spiro atoms. The minimum atomic E-state index is -0.647. The van der Waals surface area contributed by atoms with Crippen molar-refractivity contribution in [3.05, 3.63) is 66.0 Å². The van der Waals surface area contributed by atoms with E-state index in [1.165, 1.54) is 12.1 Å². The van der Waals surface area contributed by atoms with Crippen LogP contribution in [0.5, 0.6) is 5.75 Å². The molecule has 2 fully saturated rings. The molecule has 1 heterocycles. The molecule has 0 bridgehead atoms. The molecule has 2 amide bonds. The molecule has 32 heavy (non-hydrogen) atoms. The summed E-state index contributed by atoms with van der Waals surface area (Å²) in [5.41, 5.74) is 5.32. The predicted octanol–water partition coefficient (Wildman–Crippen LogP) is 4.20. The van der Waals surface area contributed by atoms with Gasteiger partial charge in [-0.1, -0.05) is 43.2 Å². The van der Waals surface area contributed by atoms with Crippen LogP contribution in [0, 0.1) is 11.2 Å². The van der Waals surface area contributed by atoms with Gasteiger partial charge < -0.3 is 15.4 Å². The highest BCUT2D eigenvalue weighted by molar-refractivity contribution is 5.89. The molecular formula is C26H31FN2O3. The van der Waals surface area contributed by atoms with Crippen LogP contribution in [0.4, 0.5) is 4.39 Å². The van der Waals surface area contributed by atoms with E-state index in [0.717, 1.165) is 37.0 Å². The lowest BCUT2D eigenvalue weighted by Crippen LogP contribution is -2.52. The number of primary amides is 1. The summed E-state index contributed by atoms with van der Waals surface area (Å²) in [5, 5.41) is 0. The van der Waals surface area contributed by atoms with Crippen LogP contribution in [0.15, 0.2) is 54.6 Å². The summed E-state index contributed by atoms with van der Waals surface area (Å²) in [6.07, 6.45) is 4.95. The number of ether oxygens (including phenoxy) is 1. The van der Waals surface area contributed by atoms with Gasteiger partial charge >= 0.3 is 0 Å². The van der Waals surface area contributed by atoms with Crippen LogP contribution in [-0.4, -0.2) is 36.4 Å². The molecule has 2 N–H and O–H groups in total. The summed E-state index contributed by atoms with van der Waals surface area (Å²) < 4.78 is 20.0. The molecule has 2 aromatic carbocycles. The molecule has 1 aliphatic carbocycles. The van der Waals surface area contributed by atoms with Gasteiger partial charge in [0.15, 0.2) is 0 Å². The third kappa shape index (κ3) is 4.64. The fourth-order valence-electron chi connectivity index (χ4n) is 5.37. The number of nitrogens with zero attached hydrogens (tertiary/aromatic N) is 1. The second kappa shape index (κ2) is 9.31. The number of hydrogen-bond acceptors (Lipinski definition) is 3. The van der Waals surface area contributed by atoms with E-state index in [9.17, 15) is 14.0 Å². The van der Waals surface area contributed by atoms with Gasteiger partial charge in [-0.15, -0.1) is 0 Å². The number of amides is 2. The standard InChI is InChI=1S/C26H31FN2O3/c27-21-8-6-7-20(17-21)26(11-4-5-12-26)24(31)29-15-13-25(14-16-29,18-23(28)30)19-32-22-9-2-1-3-10-22/h1-3,6-10,17H,4-5,11-16,18-19H2,(H2,28,30). The monoisotopic (exact) mass is 438 g/mol. The molecule has 0 unspecified atom stereocenters. The Morgan fingerprint density at radius 3 is 2.28 bits per heavy atom. The van der Waals surface area contributed by atoms with E-state index in [0.29, 0.717) is 32.5 Å². The third-order valence-electron chi connectivity index (χ3n) is 7.19. The summed E-state index contributed by atoms with van der Waals surface area (Å²) in [5.74, 6) is 0.176.